The van der Waals surface area contributed by atoms with Gasteiger partial charge in [0.15, 0.2) is 6.04 Å². The normalized spacial score (nSPS) is 13.0. The number of imide groups is 1. The number of hydrogen-bond acceptors (Lipinski definition) is 6. The monoisotopic (exact) mass is 317 g/mol. The molecule has 8 heteroatoms. The zero-order valence-corrected chi connectivity index (χ0v) is 13.7. The van der Waals surface area contributed by atoms with Crippen LogP contribution in [0.3, 0.4) is 0 Å². The van der Waals surface area contributed by atoms with E-state index in [2.05, 4.69) is 0 Å². The summed E-state index contributed by atoms with van der Waals surface area (Å²) in [5.74, 6) is -1.51. The topological polar surface area (TPSA) is 110 Å². The van der Waals surface area contributed by atoms with Crippen LogP contribution in [0.4, 0.5) is 9.59 Å². The fourth-order valence-corrected chi connectivity index (χ4v) is 1.36. The Hall–Kier alpha value is -2.12. The Morgan fingerprint density at radius 2 is 1.36 bits per heavy atom. The van der Waals surface area contributed by atoms with Gasteiger partial charge in [-0.15, -0.1) is 0 Å². The number of ether oxygens (including phenoxy) is 2. The van der Waals surface area contributed by atoms with Crippen LogP contribution in [0.25, 0.3) is 0 Å². The summed E-state index contributed by atoms with van der Waals surface area (Å²) in [6, 6.07) is -1.69. The van der Waals surface area contributed by atoms with E-state index in [1.165, 1.54) is 0 Å². The van der Waals surface area contributed by atoms with Crippen molar-refractivity contribution in [2.24, 2.45) is 0 Å². The van der Waals surface area contributed by atoms with E-state index >= 15 is 0 Å². The molecule has 0 fully saturated rings. The Bertz CT molecular complexity index is 417. The predicted octanol–water partition coefficient (Wildman–Crippen LogP) is 2.20. The van der Waals surface area contributed by atoms with Gasteiger partial charge in [0, 0.05) is 6.42 Å². The van der Waals surface area contributed by atoms with Crippen molar-refractivity contribution >= 4 is 24.4 Å². The minimum atomic E-state index is -1.69. The van der Waals surface area contributed by atoms with Gasteiger partial charge >= 0.3 is 18.2 Å². The van der Waals surface area contributed by atoms with E-state index < -0.39 is 41.8 Å². The fraction of sp³-hybridized carbons (Fsp3) is 0.714. The molecule has 0 aliphatic carbocycles. The lowest BCUT2D eigenvalue weighted by molar-refractivity contribution is -0.144. The second-order valence-corrected chi connectivity index (χ2v) is 6.59. The minimum absolute atomic E-state index is 0.306. The summed E-state index contributed by atoms with van der Waals surface area (Å²) in [4.78, 5) is 46.5. The lowest BCUT2D eigenvalue weighted by atomic mass is 10.2. The number of rotatable bonds is 4. The van der Waals surface area contributed by atoms with Gasteiger partial charge < -0.3 is 19.4 Å². The quantitative estimate of drug-likeness (QED) is 0.791. The van der Waals surface area contributed by atoms with Gasteiger partial charge in [-0.3, -0.25) is 0 Å². The average molecular weight is 317 g/mol. The van der Waals surface area contributed by atoms with E-state index in [9.17, 15) is 19.2 Å². The molecule has 0 saturated carbocycles. The van der Waals surface area contributed by atoms with Crippen LogP contribution in [0.1, 0.15) is 48.0 Å². The SMILES string of the molecule is CC(C)(C)OC(=O)N(C(=O)OC(C)(C)C)[C@@H](CC=O)C(=O)O. The van der Waals surface area contributed by atoms with E-state index in [4.69, 9.17) is 14.6 Å². The summed E-state index contributed by atoms with van der Waals surface area (Å²) in [5, 5.41) is 9.15. The minimum Gasteiger partial charge on any atom is -0.480 e. The molecule has 1 atom stereocenters. The summed E-state index contributed by atoms with van der Waals surface area (Å²) in [5.41, 5.74) is -1.89. The predicted molar refractivity (Wildman–Crippen MR) is 76.4 cm³/mol. The Kier molecular flexibility index (Phi) is 6.54. The lowest BCUT2D eigenvalue weighted by Gasteiger charge is -2.31. The van der Waals surface area contributed by atoms with Gasteiger partial charge in [-0.2, -0.15) is 4.90 Å². The molecule has 22 heavy (non-hydrogen) atoms. The summed E-state index contributed by atoms with van der Waals surface area (Å²) >= 11 is 0. The fourth-order valence-electron chi connectivity index (χ4n) is 1.36. The van der Waals surface area contributed by atoms with E-state index in [-0.39, 0.29) is 0 Å². The number of carboxylic acids is 1. The van der Waals surface area contributed by atoms with E-state index in [1.807, 2.05) is 0 Å². The highest BCUT2D eigenvalue weighted by Crippen LogP contribution is 2.18. The summed E-state index contributed by atoms with van der Waals surface area (Å²) in [6.45, 7) is 9.38. The lowest BCUT2D eigenvalue weighted by Crippen LogP contribution is -2.52. The molecular formula is C14H23NO7. The van der Waals surface area contributed by atoms with Gasteiger partial charge in [-0.25, -0.2) is 14.4 Å². The molecule has 0 bridgehead atoms. The molecular weight excluding hydrogens is 294 g/mol. The molecule has 0 spiro atoms. The van der Waals surface area contributed by atoms with Gasteiger partial charge in [0.2, 0.25) is 0 Å². The third-order valence-electron chi connectivity index (χ3n) is 2.10. The van der Waals surface area contributed by atoms with Crippen LogP contribution in [0.15, 0.2) is 0 Å². The van der Waals surface area contributed by atoms with Crippen LogP contribution in [-0.2, 0) is 19.1 Å². The zero-order chi connectivity index (χ0) is 17.7. The van der Waals surface area contributed by atoms with Crippen molar-refractivity contribution in [3.8, 4) is 0 Å². The number of carboxylic acid groups (broad SMARTS) is 1. The van der Waals surface area contributed by atoms with Gasteiger partial charge in [-0.1, -0.05) is 0 Å². The first-order valence-electron chi connectivity index (χ1n) is 6.70. The highest BCUT2D eigenvalue weighted by Gasteiger charge is 2.40. The molecule has 0 aliphatic heterocycles. The molecule has 0 saturated heterocycles. The van der Waals surface area contributed by atoms with Crippen molar-refractivity contribution in [3.63, 3.8) is 0 Å². The molecule has 126 valence electrons. The molecule has 0 aromatic carbocycles. The highest BCUT2D eigenvalue weighted by atomic mass is 16.6. The molecule has 8 nitrogen and oxygen atoms in total. The largest absolute Gasteiger partial charge is 0.480 e. The summed E-state index contributed by atoms with van der Waals surface area (Å²) in [6.07, 6.45) is -2.62. The highest BCUT2D eigenvalue weighted by molar-refractivity contribution is 5.94. The number of carbonyl (C=O) groups is 4. The summed E-state index contributed by atoms with van der Waals surface area (Å²) in [7, 11) is 0. The van der Waals surface area contributed by atoms with Crippen LogP contribution >= 0.6 is 0 Å². The van der Waals surface area contributed by atoms with Crippen LogP contribution in [-0.4, -0.2) is 51.7 Å². The Balaban J connectivity index is 5.55. The van der Waals surface area contributed by atoms with Gasteiger partial charge in [0.05, 0.1) is 0 Å². The standard InChI is InChI=1S/C14H23NO7/c1-13(2,3)21-11(19)15(9(7-8-16)10(17)18)12(20)22-14(4,5)6/h8-9H,7H2,1-6H3,(H,17,18)/t9-/m0/s1. The molecule has 0 heterocycles. The maximum atomic E-state index is 12.1. The Morgan fingerprint density at radius 3 is 1.59 bits per heavy atom. The molecule has 1 N–H and O–H groups in total. The molecule has 0 aromatic rings. The third kappa shape index (κ3) is 7.05. The van der Waals surface area contributed by atoms with Crippen molar-refractivity contribution < 1.29 is 33.8 Å². The number of aliphatic carboxylic acids is 1. The van der Waals surface area contributed by atoms with Crippen LogP contribution in [0.5, 0.6) is 0 Å². The number of carbonyl (C=O) groups excluding carboxylic acids is 3. The zero-order valence-electron chi connectivity index (χ0n) is 13.7. The van der Waals surface area contributed by atoms with Crippen molar-refractivity contribution in [2.75, 3.05) is 0 Å². The molecule has 0 rings (SSSR count). The average Bonchev–Trinajstić information content (AvgIpc) is 2.22. The summed E-state index contributed by atoms with van der Waals surface area (Å²) < 4.78 is 10.0. The van der Waals surface area contributed by atoms with Crippen molar-refractivity contribution in [1.29, 1.82) is 0 Å². The first-order chi connectivity index (χ1) is 9.78. The number of aldehydes is 1. The molecule has 0 radical (unpaired) electrons. The first kappa shape index (κ1) is 19.9. The van der Waals surface area contributed by atoms with Crippen LogP contribution in [0, 0.1) is 0 Å². The Morgan fingerprint density at radius 1 is 1.00 bits per heavy atom. The van der Waals surface area contributed by atoms with E-state index in [0.29, 0.717) is 11.2 Å². The Labute approximate surface area is 129 Å². The van der Waals surface area contributed by atoms with Crippen molar-refractivity contribution in [1.82, 2.24) is 4.90 Å². The molecule has 2 amide bonds. The third-order valence-corrected chi connectivity index (χ3v) is 2.10. The molecule has 0 aromatic heterocycles. The first-order valence-corrected chi connectivity index (χ1v) is 6.70. The second-order valence-electron chi connectivity index (χ2n) is 6.59. The number of hydrogen-bond donors (Lipinski definition) is 1. The van der Waals surface area contributed by atoms with Crippen LogP contribution in [0.2, 0.25) is 0 Å². The van der Waals surface area contributed by atoms with E-state index in [0.717, 1.165) is 0 Å². The van der Waals surface area contributed by atoms with Crippen molar-refractivity contribution in [3.05, 3.63) is 0 Å². The van der Waals surface area contributed by atoms with Gasteiger partial charge in [0.25, 0.3) is 0 Å². The maximum absolute atomic E-state index is 12.1. The van der Waals surface area contributed by atoms with Gasteiger partial charge in [-0.05, 0) is 41.5 Å². The van der Waals surface area contributed by atoms with Gasteiger partial charge in [0.1, 0.15) is 17.5 Å². The smallest absolute Gasteiger partial charge is 0.420 e. The van der Waals surface area contributed by atoms with Crippen molar-refractivity contribution in [2.45, 2.75) is 65.2 Å². The van der Waals surface area contributed by atoms with E-state index in [1.54, 1.807) is 41.5 Å². The maximum Gasteiger partial charge on any atom is 0.420 e. The second kappa shape index (κ2) is 7.24. The number of amides is 2. The molecule has 0 unspecified atom stereocenters. The van der Waals surface area contributed by atoms with Crippen LogP contribution < -0.4 is 0 Å². The number of nitrogens with zero attached hydrogens (tertiary/aromatic N) is 1. The molecule has 0 aliphatic rings.